The van der Waals surface area contributed by atoms with Gasteiger partial charge in [0.05, 0.1) is 0 Å². The van der Waals surface area contributed by atoms with Crippen molar-refractivity contribution in [2.75, 3.05) is 0 Å². The maximum Gasteiger partial charge on any atom is -0.00577 e. The second-order valence-corrected chi connectivity index (χ2v) is 7.17. The number of hydrogen-bond donors (Lipinski definition) is 0. The fourth-order valence-corrected chi connectivity index (χ4v) is 4.29. The van der Waals surface area contributed by atoms with E-state index in [2.05, 4.69) is 55.5 Å². The topological polar surface area (TPSA) is 0 Å². The van der Waals surface area contributed by atoms with Gasteiger partial charge in [-0.1, -0.05) is 80.3 Å². The van der Waals surface area contributed by atoms with Crippen molar-refractivity contribution in [2.45, 2.75) is 57.8 Å². The lowest BCUT2D eigenvalue weighted by atomic mass is 9.83. The lowest BCUT2D eigenvalue weighted by Gasteiger charge is -2.22. The van der Waals surface area contributed by atoms with E-state index in [1.165, 1.54) is 54.4 Å². The number of fused-ring (bicyclic) bond motifs is 1. The summed E-state index contributed by atoms with van der Waals surface area (Å²) in [6, 6.07) is 16.2. The molecule has 0 bridgehead atoms. The van der Waals surface area contributed by atoms with Crippen LogP contribution in [0.25, 0.3) is 17.2 Å². The van der Waals surface area contributed by atoms with Gasteiger partial charge in [-0.05, 0) is 59.4 Å². The minimum Gasteiger partial charge on any atom is -0.0655 e. The summed E-state index contributed by atoms with van der Waals surface area (Å²) in [6.07, 6.45) is 11.7. The van der Waals surface area contributed by atoms with Gasteiger partial charge in [-0.15, -0.1) is 0 Å². The van der Waals surface area contributed by atoms with Crippen molar-refractivity contribution in [1.82, 2.24) is 0 Å². The fraction of sp³-hybridized carbons (Fsp3) is 0.391. The number of rotatable bonds is 3. The molecular weight excluding hydrogens is 276 g/mol. The summed E-state index contributed by atoms with van der Waals surface area (Å²) in [4.78, 5) is 0. The molecule has 2 aromatic rings. The summed E-state index contributed by atoms with van der Waals surface area (Å²) in [6.45, 7) is 2.26. The third kappa shape index (κ3) is 2.87. The molecule has 0 heteroatoms. The quantitative estimate of drug-likeness (QED) is 0.588. The van der Waals surface area contributed by atoms with Gasteiger partial charge in [-0.25, -0.2) is 0 Å². The third-order valence-electron chi connectivity index (χ3n) is 5.71. The molecule has 0 amide bonds. The number of benzene rings is 2. The maximum absolute atomic E-state index is 2.42. The van der Waals surface area contributed by atoms with Crippen LogP contribution in [0, 0.1) is 0 Å². The molecule has 2 aliphatic carbocycles. The second-order valence-electron chi connectivity index (χ2n) is 7.17. The molecule has 0 radical (unpaired) electrons. The fourth-order valence-electron chi connectivity index (χ4n) is 4.29. The monoisotopic (exact) mass is 302 g/mol. The highest BCUT2D eigenvalue weighted by Crippen LogP contribution is 2.37. The van der Waals surface area contributed by atoms with Crippen LogP contribution in [0.1, 0.15) is 68.1 Å². The predicted molar refractivity (Wildman–Crippen MR) is 99.7 cm³/mol. The Bertz CT molecular complexity index is 712. The molecule has 0 saturated heterocycles. The minimum atomic E-state index is 0.797. The van der Waals surface area contributed by atoms with E-state index in [1.54, 1.807) is 11.1 Å². The van der Waals surface area contributed by atoms with Crippen LogP contribution in [0.3, 0.4) is 0 Å². The molecule has 2 aromatic carbocycles. The van der Waals surface area contributed by atoms with E-state index in [0.717, 1.165) is 18.8 Å². The van der Waals surface area contributed by atoms with Gasteiger partial charge >= 0.3 is 0 Å². The summed E-state index contributed by atoms with van der Waals surface area (Å²) < 4.78 is 0. The zero-order valence-electron chi connectivity index (χ0n) is 14.1. The molecule has 0 aliphatic heterocycles. The highest BCUT2D eigenvalue weighted by atomic mass is 14.2. The van der Waals surface area contributed by atoms with Crippen LogP contribution in [0.4, 0.5) is 0 Å². The standard InChI is InChI=1S/C23H26/c1-2-17-15-21-9-6-10-22(23(21)16-17)20-13-11-19(12-14-20)18-7-4-3-5-8-18/h6,9-14,16,18H,2-5,7-8,15H2,1H3. The Balaban J connectivity index is 1.64. The first-order valence-corrected chi connectivity index (χ1v) is 9.27. The normalized spacial score (nSPS) is 17.9. The van der Waals surface area contributed by atoms with Crippen molar-refractivity contribution in [3.63, 3.8) is 0 Å². The first-order valence-electron chi connectivity index (χ1n) is 9.27. The van der Waals surface area contributed by atoms with E-state index in [1.807, 2.05) is 0 Å². The molecule has 0 atom stereocenters. The van der Waals surface area contributed by atoms with Gasteiger partial charge in [0.15, 0.2) is 0 Å². The zero-order chi connectivity index (χ0) is 15.6. The highest BCUT2D eigenvalue weighted by molar-refractivity contribution is 5.80. The van der Waals surface area contributed by atoms with Crippen LogP contribution in [-0.4, -0.2) is 0 Å². The Morgan fingerprint density at radius 3 is 2.43 bits per heavy atom. The van der Waals surface area contributed by atoms with Crippen LogP contribution in [0.5, 0.6) is 0 Å². The van der Waals surface area contributed by atoms with Crippen LogP contribution in [-0.2, 0) is 6.42 Å². The zero-order valence-corrected chi connectivity index (χ0v) is 14.1. The average molecular weight is 302 g/mol. The Hall–Kier alpha value is -1.82. The van der Waals surface area contributed by atoms with E-state index in [-0.39, 0.29) is 0 Å². The predicted octanol–water partition coefficient (Wildman–Crippen LogP) is 6.75. The Kier molecular flexibility index (Phi) is 4.08. The van der Waals surface area contributed by atoms with Gasteiger partial charge in [0.1, 0.15) is 0 Å². The van der Waals surface area contributed by atoms with Gasteiger partial charge < -0.3 is 0 Å². The van der Waals surface area contributed by atoms with Gasteiger partial charge in [-0.3, -0.25) is 0 Å². The van der Waals surface area contributed by atoms with E-state index in [4.69, 9.17) is 0 Å². The summed E-state index contributed by atoms with van der Waals surface area (Å²) >= 11 is 0. The molecular formula is C23H26. The third-order valence-corrected chi connectivity index (χ3v) is 5.71. The van der Waals surface area contributed by atoms with Crippen LogP contribution < -0.4 is 0 Å². The molecule has 0 nitrogen and oxygen atoms in total. The summed E-state index contributed by atoms with van der Waals surface area (Å²) in [5.41, 5.74) is 8.83. The number of allylic oxidation sites excluding steroid dienone is 1. The molecule has 0 unspecified atom stereocenters. The van der Waals surface area contributed by atoms with E-state index < -0.39 is 0 Å². The van der Waals surface area contributed by atoms with Crippen molar-refractivity contribution in [3.05, 3.63) is 64.7 Å². The van der Waals surface area contributed by atoms with Crippen LogP contribution in [0.15, 0.2) is 48.0 Å². The molecule has 118 valence electrons. The molecule has 0 N–H and O–H groups in total. The average Bonchev–Trinajstić information content (AvgIpc) is 3.06. The summed E-state index contributed by atoms with van der Waals surface area (Å²) in [5.74, 6) is 0.797. The lowest BCUT2D eigenvalue weighted by molar-refractivity contribution is 0.443. The van der Waals surface area contributed by atoms with Crippen molar-refractivity contribution >= 4 is 6.08 Å². The molecule has 0 heterocycles. The summed E-state index contributed by atoms with van der Waals surface area (Å²) in [5, 5.41) is 0. The smallest absolute Gasteiger partial charge is 0.00577 e. The van der Waals surface area contributed by atoms with Crippen LogP contribution >= 0.6 is 0 Å². The molecule has 4 rings (SSSR count). The van der Waals surface area contributed by atoms with Crippen molar-refractivity contribution in [1.29, 1.82) is 0 Å². The minimum absolute atomic E-state index is 0.797. The van der Waals surface area contributed by atoms with Gasteiger partial charge in [0.2, 0.25) is 0 Å². The van der Waals surface area contributed by atoms with Crippen molar-refractivity contribution < 1.29 is 0 Å². The molecule has 2 aliphatic rings. The molecule has 23 heavy (non-hydrogen) atoms. The van der Waals surface area contributed by atoms with Crippen LogP contribution in [0.2, 0.25) is 0 Å². The SMILES string of the molecule is CCC1=Cc2c(cccc2-c2ccc(C3CCCCC3)cc2)C1. The Morgan fingerprint density at radius 2 is 1.70 bits per heavy atom. The van der Waals surface area contributed by atoms with E-state index in [9.17, 15) is 0 Å². The molecule has 1 saturated carbocycles. The second kappa shape index (κ2) is 6.35. The molecule has 0 spiro atoms. The largest absolute Gasteiger partial charge is 0.0655 e. The van der Waals surface area contributed by atoms with E-state index >= 15 is 0 Å². The first kappa shape index (κ1) is 14.8. The van der Waals surface area contributed by atoms with E-state index in [0.29, 0.717) is 0 Å². The Labute approximate surface area is 140 Å². The van der Waals surface area contributed by atoms with Crippen molar-refractivity contribution in [3.8, 4) is 11.1 Å². The van der Waals surface area contributed by atoms with Gasteiger partial charge in [-0.2, -0.15) is 0 Å². The van der Waals surface area contributed by atoms with Crippen molar-refractivity contribution in [2.24, 2.45) is 0 Å². The molecule has 0 aromatic heterocycles. The Morgan fingerprint density at radius 1 is 0.913 bits per heavy atom. The lowest BCUT2D eigenvalue weighted by Crippen LogP contribution is -2.04. The van der Waals surface area contributed by atoms with Gasteiger partial charge in [0, 0.05) is 0 Å². The van der Waals surface area contributed by atoms with Gasteiger partial charge in [0.25, 0.3) is 0 Å². The highest BCUT2D eigenvalue weighted by Gasteiger charge is 2.17. The molecule has 1 fully saturated rings. The maximum atomic E-state index is 2.42. The summed E-state index contributed by atoms with van der Waals surface area (Å²) in [7, 11) is 0. The number of hydrogen-bond acceptors (Lipinski definition) is 0. The first-order chi connectivity index (χ1) is 11.3.